The highest BCUT2D eigenvalue weighted by molar-refractivity contribution is 6.05. The molecule has 0 saturated carbocycles. The Morgan fingerprint density at radius 1 is 1.14 bits per heavy atom. The van der Waals surface area contributed by atoms with Crippen molar-refractivity contribution in [2.75, 3.05) is 13.7 Å². The lowest BCUT2D eigenvalue weighted by Crippen LogP contribution is -2.40. The molecule has 1 amide bonds. The van der Waals surface area contributed by atoms with Gasteiger partial charge in [0.05, 0.1) is 36.0 Å². The van der Waals surface area contributed by atoms with Crippen LogP contribution in [0.2, 0.25) is 0 Å². The largest absolute Gasteiger partial charge is 0.465 e. The predicted octanol–water partition coefficient (Wildman–Crippen LogP) is 1.82. The lowest BCUT2D eigenvalue weighted by Gasteiger charge is -2.28. The quantitative estimate of drug-likeness (QED) is 0.633. The first-order valence-corrected chi connectivity index (χ1v) is 8.66. The van der Waals surface area contributed by atoms with Crippen molar-refractivity contribution in [2.45, 2.75) is 13.0 Å². The van der Waals surface area contributed by atoms with E-state index in [1.54, 1.807) is 18.2 Å². The highest BCUT2D eigenvalue weighted by Gasteiger charge is 2.28. The van der Waals surface area contributed by atoms with E-state index in [4.69, 9.17) is 4.74 Å². The van der Waals surface area contributed by atoms with E-state index in [0.29, 0.717) is 29.9 Å². The fourth-order valence-electron chi connectivity index (χ4n) is 3.37. The highest BCUT2D eigenvalue weighted by Crippen LogP contribution is 2.20. The van der Waals surface area contributed by atoms with Gasteiger partial charge in [0.25, 0.3) is 11.5 Å². The van der Waals surface area contributed by atoms with E-state index in [1.807, 2.05) is 0 Å². The number of carbonyl (C=O) groups is 2. The molecule has 4 rings (SSSR count). The maximum absolute atomic E-state index is 13.5. The second kappa shape index (κ2) is 6.88. The Labute approximate surface area is 159 Å². The zero-order valence-electron chi connectivity index (χ0n) is 15.0. The number of fused-ring (bicyclic) bond motifs is 2. The molecule has 8 heteroatoms. The van der Waals surface area contributed by atoms with E-state index >= 15 is 0 Å². The standard InChI is InChI=1S/C20H16FN3O4/c1-28-20(27)14-5-3-2-4-13(14)18(25)23-9-8-16-15(11-23)19(26)24-10-12(21)6-7-17(24)22-16/h2-7,10H,8-9,11H2,1H3. The van der Waals surface area contributed by atoms with Gasteiger partial charge in [0.15, 0.2) is 0 Å². The Hall–Kier alpha value is -3.55. The minimum atomic E-state index is -0.607. The summed E-state index contributed by atoms with van der Waals surface area (Å²) in [5.41, 5.74) is 1.27. The second-order valence-electron chi connectivity index (χ2n) is 6.43. The molecule has 0 fully saturated rings. The van der Waals surface area contributed by atoms with Crippen molar-refractivity contribution in [3.05, 3.63) is 81.2 Å². The van der Waals surface area contributed by atoms with Gasteiger partial charge in [-0.25, -0.2) is 14.2 Å². The Balaban J connectivity index is 1.72. The molecule has 1 aliphatic heterocycles. The van der Waals surface area contributed by atoms with E-state index in [1.165, 1.54) is 30.2 Å². The molecule has 0 radical (unpaired) electrons. The fraction of sp³-hybridized carbons (Fsp3) is 0.200. The molecular weight excluding hydrogens is 365 g/mol. The maximum atomic E-state index is 13.5. The van der Waals surface area contributed by atoms with Gasteiger partial charge < -0.3 is 9.64 Å². The number of esters is 1. The van der Waals surface area contributed by atoms with Crippen molar-refractivity contribution >= 4 is 17.5 Å². The number of halogens is 1. The van der Waals surface area contributed by atoms with Crippen LogP contribution >= 0.6 is 0 Å². The summed E-state index contributed by atoms with van der Waals surface area (Å²) < 4.78 is 19.4. The summed E-state index contributed by atoms with van der Waals surface area (Å²) in [5, 5.41) is 0. The second-order valence-corrected chi connectivity index (χ2v) is 6.43. The molecule has 0 saturated heterocycles. The normalized spacial score (nSPS) is 13.3. The average Bonchev–Trinajstić information content (AvgIpc) is 2.73. The average molecular weight is 381 g/mol. The van der Waals surface area contributed by atoms with Crippen molar-refractivity contribution in [3.8, 4) is 0 Å². The third kappa shape index (κ3) is 2.92. The number of benzene rings is 1. The highest BCUT2D eigenvalue weighted by atomic mass is 19.1. The first-order valence-electron chi connectivity index (χ1n) is 8.66. The minimum absolute atomic E-state index is 0.0367. The molecule has 1 aromatic carbocycles. The lowest BCUT2D eigenvalue weighted by molar-refractivity contribution is 0.0588. The summed E-state index contributed by atoms with van der Waals surface area (Å²) in [6.45, 7) is 0.389. The molecule has 0 spiro atoms. The molecule has 2 aromatic heterocycles. The number of aromatic nitrogens is 2. The van der Waals surface area contributed by atoms with Crippen LogP contribution < -0.4 is 5.56 Å². The molecule has 142 valence electrons. The molecule has 3 heterocycles. The van der Waals surface area contributed by atoms with Crippen LogP contribution in [-0.2, 0) is 17.7 Å². The van der Waals surface area contributed by atoms with Gasteiger partial charge in [-0.05, 0) is 24.3 Å². The summed E-state index contributed by atoms with van der Waals surface area (Å²) in [7, 11) is 1.25. The Morgan fingerprint density at radius 2 is 1.89 bits per heavy atom. The van der Waals surface area contributed by atoms with Crippen molar-refractivity contribution < 1.29 is 18.7 Å². The summed E-state index contributed by atoms with van der Waals surface area (Å²) >= 11 is 0. The van der Waals surface area contributed by atoms with Gasteiger partial charge in [-0.1, -0.05) is 12.1 Å². The van der Waals surface area contributed by atoms with Crippen LogP contribution in [0.4, 0.5) is 4.39 Å². The molecule has 0 aliphatic carbocycles. The maximum Gasteiger partial charge on any atom is 0.338 e. The van der Waals surface area contributed by atoms with Gasteiger partial charge in [-0.3, -0.25) is 14.0 Å². The van der Waals surface area contributed by atoms with Crippen molar-refractivity contribution in [1.82, 2.24) is 14.3 Å². The molecular formula is C20H16FN3O4. The van der Waals surface area contributed by atoms with Crippen molar-refractivity contribution in [1.29, 1.82) is 0 Å². The van der Waals surface area contributed by atoms with Crippen LogP contribution in [-0.4, -0.2) is 39.8 Å². The molecule has 1 aliphatic rings. The summed E-state index contributed by atoms with van der Waals surface area (Å²) in [4.78, 5) is 43.7. The van der Waals surface area contributed by atoms with Crippen LogP contribution in [0.25, 0.3) is 5.65 Å². The number of pyridine rings is 1. The smallest absolute Gasteiger partial charge is 0.338 e. The van der Waals surface area contributed by atoms with Gasteiger partial charge in [0.1, 0.15) is 11.5 Å². The zero-order valence-corrected chi connectivity index (χ0v) is 15.0. The van der Waals surface area contributed by atoms with Crippen LogP contribution in [0.5, 0.6) is 0 Å². The number of ether oxygens (including phenoxy) is 1. The number of carbonyl (C=O) groups excluding carboxylic acids is 2. The monoisotopic (exact) mass is 381 g/mol. The third-order valence-corrected chi connectivity index (χ3v) is 4.78. The number of amides is 1. The van der Waals surface area contributed by atoms with Gasteiger partial charge >= 0.3 is 5.97 Å². The Bertz CT molecular complexity index is 1170. The minimum Gasteiger partial charge on any atom is -0.465 e. The Morgan fingerprint density at radius 3 is 2.64 bits per heavy atom. The van der Waals surface area contributed by atoms with Crippen LogP contribution in [0.15, 0.2) is 47.4 Å². The van der Waals surface area contributed by atoms with Gasteiger partial charge in [0, 0.05) is 19.2 Å². The zero-order chi connectivity index (χ0) is 19.8. The molecule has 0 atom stereocenters. The van der Waals surface area contributed by atoms with Crippen LogP contribution in [0, 0.1) is 5.82 Å². The number of methoxy groups -OCH3 is 1. The fourth-order valence-corrected chi connectivity index (χ4v) is 3.37. The lowest BCUT2D eigenvalue weighted by atomic mass is 10.0. The molecule has 28 heavy (non-hydrogen) atoms. The molecule has 7 nitrogen and oxygen atoms in total. The number of hydrogen-bond acceptors (Lipinski definition) is 5. The number of rotatable bonds is 2. The van der Waals surface area contributed by atoms with Crippen LogP contribution in [0.3, 0.4) is 0 Å². The van der Waals surface area contributed by atoms with Gasteiger partial charge in [0.2, 0.25) is 0 Å². The predicted molar refractivity (Wildman–Crippen MR) is 97.6 cm³/mol. The summed E-state index contributed by atoms with van der Waals surface area (Å²) in [5.74, 6) is -1.54. The van der Waals surface area contributed by atoms with E-state index in [0.717, 1.165) is 10.6 Å². The summed E-state index contributed by atoms with van der Waals surface area (Å²) in [6, 6.07) is 9.06. The first kappa shape index (κ1) is 17.8. The van der Waals surface area contributed by atoms with Crippen molar-refractivity contribution in [3.63, 3.8) is 0 Å². The molecule has 3 aromatic rings. The number of nitrogens with zero attached hydrogens (tertiary/aromatic N) is 3. The first-order chi connectivity index (χ1) is 13.5. The molecule has 0 bridgehead atoms. The number of hydrogen-bond donors (Lipinski definition) is 0. The van der Waals surface area contributed by atoms with Gasteiger partial charge in [-0.2, -0.15) is 0 Å². The van der Waals surface area contributed by atoms with Gasteiger partial charge in [-0.15, -0.1) is 0 Å². The Kier molecular flexibility index (Phi) is 4.38. The molecule has 0 unspecified atom stereocenters. The topological polar surface area (TPSA) is 81.0 Å². The SMILES string of the molecule is COC(=O)c1ccccc1C(=O)N1CCc2nc3ccc(F)cn3c(=O)c2C1. The van der Waals surface area contributed by atoms with E-state index in [9.17, 15) is 18.8 Å². The summed E-state index contributed by atoms with van der Waals surface area (Å²) in [6.07, 6.45) is 1.48. The van der Waals surface area contributed by atoms with Crippen LogP contribution in [0.1, 0.15) is 32.0 Å². The van der Waals surface area contributed by atoms with Crippen molar-refractivity contribution in [2.24, 2.45) is 0 Å². The van der Waals surface area contributed by atoms with E-state index < -0.39 is 17.3 Å². The van der Waals surface area contributed by atoms with E-state index in [2.05, 4.69) is 4.98 Å². The third-order valence-electron chi connectivity index (χ3n) is 4.78. The molecule has 0 N–H and O–H groups in total. The van der Waals surface area contributed by atoms with E-state index in [-0.39, 0.29) is 23.6 Å².